The predicted octanol–water partition coefficient (Wildman–Crippen LogP) is 3.55. The van der Waals surface area contributed by atoms with Gasteiger partial charge in [-0.15, -0.1) is 0 Å². The first-order valence-corrected chi connectivity index (χ1v) is 8.58. The number of amides is 2. The summed E-state index contributed by atoms with van der Waals surface area (Å²) in [4.78, 5) is 25.7. The van der Waals surface area contributed by atoms with E-state index in [-0.39, 0.29) is 24.7 Å². The van der Waals surface area contributed by atoms with Gasteiger partial charge in [-0.1, -0.05) is 36.7 Å². The molecular weight excluding hydrogens is 357 g/mol. The molecule has 0 heterocycles. The lowest BCUT2D eigenvalue weighted by Crippen LogP contribution is -2.36. The van der Waals surface area contributed by atoms with E-state index in [4.69, 9.17) is 11.6 Å². The Balaban J connectivity index is 1.87. The number of rotatable bonds is 7. The number of benzene rings is 2. The van der Waals surface area contributed by atoms with Gasteiger partial charge in [0.25, 0.3) is 0 Å². The number of anilines is 2. The summed E-state index contributed by atoms with van der Waals surface area (Å²) in [7, 11) is 1.64. The molecule has 138 valence electrons. The fourth-order valence-electron chi connectivity index (χ4n) is 2.47. The Bertz CT molecular complexity index is 798. The lowest BCUT2D eigenvalue weighted by atomic mass is 10.1. The molecule has 5 nitrogen and oxygen atoms in total. The number of carbonyl (C=O) groups is 2. The highest BCUT2D eigenvalue weighted by molar-refractivity contribution is 6.30. The summed E-state index contributed by atoms with van der Waals surface area (Å²) in [6.45, 7) is 1.98. The molecule has 0 atom stereocenters. The molecule has 0 aromatic heterocycles. The van der Waals surface area contributed by atoms with Crippen LogP contribution in [0.1, 0.15) is 12.5 Å². The molecule has 0 bridgehead atoms. The number of para-hydroxylation sites is 1. The van der Waals surface area contributed by atoms with E-state index in [2.05, 4.69) is 10.6 Å². The van der Waals surface area contributed by atoms with Crippen molar-refractivity contribution >= 4 is 34.8 Å². The maximum atomic E-state index is 13.6. The lowest BCUT2D eigenvalue weighted by Gasteiger charge is -2.17. The van der Waals surface area contributed by atoms with Crippen LogP contribution in [0.3, 0.4) is 0 Å². The topological polar surface area (TPSA) is 61.4 Å². The summed E-state index contributed by atoms with van der Waals surface area (Å²) in [5.41, 5.74) is 1.81. The van der Waals surface area contributed by atoms with Gasteiger partial charge in [0, 0.05) is 10.7 Å². The van der Waals surface area contributed by atoms with Crippen molar-refractivity contribution in [1.29, 1.82) is 0 Å². The summed E-state index contributed by atoms with van der Waals surface area (Å²) in [6.07, 6.45) is 0.805. The van der Waals surface area contributed by atoms with E-state index in [9.17, 15) is 14.0 Å². The molecule has 0 saturated carbocycles. The number of aryl methyl sites for hydroxylation is 1. The Morgan fingerprint density at radius 3 is 2.31 bits per heavy atom. The van der Waals surface area contributed by atoms with Gasteiger partial charge in [-0.2, -0.15) is 0 Å². The van der Waals surface area contributed by atoms with E-state index < -0.39 is 11.7 Å². The minimum absolute atomic E-state index is 0.0113. The van der Waals surface area contributed by atoms with Gasteiger partial charge in [0.1, 0.15) is 5.82 Å². The number of likely N-dealkylation sites (N-methyl/N-ethyl adjacent to an activating group) is 1. The molecule has 0 aliphatic heterocycles. The molecule has 0 saturated heterocycles. The fraction of sp³-hybridized carbons (Fsp3) is 0.263. The SMILES string of the molecule is CCc1ccccc1NC(=O)CN(C)CC(=O)Nc1cc(Cl)ccc1F. The second-order valence-electron chi connectivity index (χ2n) is 5.90. The number of carbonyl (C=O) groups excluding carboxylic acids is 2. The summed E-state index contributed by atoms with van der Waals surface area (Å²) >= 11 is 5.80. The molecule has 26 heavy (non-hydrogen) atoms. The quantitative estimate of drug-likeness (QED) is 0.775. The van der Waals surface area contributed by atoms with Gasteiger partial charge < -0.3 is 10.6 Å². The average Bonchev–Trinajstić information content (AvgIpc) is 2.58. The summed E-state index contributed by atoms with van der Waals surface area (Å²) in [5.74, 6) is -1.23. The van der Waals surface area contributed by atoms with Crippen LogP contribution in [-0.4, -0.2) is 36.9 Å². The lowest BCUT2D eigenvalue weighted by molar-refractivity contribution is -0.119. The van der Waals surface area contributed by atoms with E-state index in [0.717, 1.165) is 17.7 Å². The van der Waals surface area contributed by atoms with Crippen molar-refractivity contribution in [3.63, 3.8) is 0 Å². The van der Waals surface area contributed by atoms with Crippen LogP contribution in [0.2, 0.25) is 5.02 Å². The molecule has 0 unspecified atom stereocenters. The van der Waals surface area contributed by atoms with E-state index >= 15 is 0 Å². The molecular formula is C19H21ClFN3O2. The van der Waals surface area contributed by atoms with Crippen LogP contribution in [0.15, 0.2) is 42.5 Å². The Labute approximate surface area is 157 Å². The Morgan fingerprint density at radius 1 is 1.04 bits per heavy atom. The van der Waals surface area contributed by atoms with Crippen molar-refractivity contribution in [2.24, 2.45) is 0 Å². The van der Waals surface area contributed by atoms with E-state index in [1.807, 2.05) is 31.2 Å². The summed E-state index contributed by atoms with van der Waals surface area (Å²) < 4.78 is 13.6. The van der Waals surface area contributed by atoms with Crippen LogP contribution in [-0.2, 0) is 16.0 Å². The first-order valence-electron chi connectivity index (χ1n) is 8.20. The van der Waals surface area contributed by atoms with Crippen molar-refractivity contribution in [2.45, 2.75) is 13.3 Å². The van der Waals surface area contributed by atoms with Gasteiger partial charge in [-0.25, -0.2) is 4.39 Å². The monoisotopic (exact) mass is 377 g/mol. The molecule has 2 rings (SSSR count). The first-order chi connectivity index (χ1) is 12.4. The third-order valence-corrected chi connectivity index (χ3v) is 3.94. The third kappa shape index (κ3) is 5.82. The molecule has 0 fully saturated rings. The van der Waals surface area contributed by atoms with Crippen LogP contribution in [0, 0.1) is 5.82 Å². The number of hydrogen-bond donors (Lipinski definition) is 2. The number of nitrogens with one attached hydrogen (secondary N) is 2. The molecule has 2 aromatic rings. The first kappa shape index (κ1) is 19.9. The number of nitrogens with zero attached hydrogens (tertiary/aromatic N) is 1. The molecule has 2 amide bonds. The zero-order valence-electron chi connectivity index (χ0n) is 14.7. The zero-order valence-corrected chi connectivity index (χ0v) is 15.4. The predicted molar refractivity (Wildman–Crippen MR) is 102 cm³/mol. The van der Waals surface area contributed by atoms with Gasteiger partial charge in [-0.05, 0) is 43.3 Å². The second kappa shape index (κ2) is 9.31. The number of hydrogen-bond acceptors (Lipinski definition) is 3. The molecule has 0 radical (unpaired) electrons. The van der Waals surface area contributed by atoms with E-state index in [0.29, 0.717) is 5.02 Å². The van der Waals surface area contributed by atoms with Gasteiger partial charge >= 0.3 is 0 Å². The molecule has 0 spiro atoms. The molecule has 0 aliphatic rings. The van der Waals surface area contributed by atoms with Gasteiger partial charge in [0.05, 0.1) is 18.8 Å². The van der Waals surface area contributed by atoms with Crippen LogP contribution in [0.4, 0.5) is 15.8 Å². The maximum Gasteiger partial charge on any atom is 0.238 e. The molecule has 2 aromatic carbocycles. The average molecular weight is 378 g/mol. The van der Waals surface area contributed by atoms with Crippen molar-refractivity contribution in [2.75, 3.05) is 30.8 Å². The van der Waals surface area contributed by atoms with Gasteiger partial charge in [0.2, 0.25) is 11.8 Å². The molecule has 7 heteroatoms. The summed E-state index contributed by atoms with van der Waals surface area (Å²) in [6, 6.07) is 11.5. The highest BCUT2D eigenvalue weighted by Crippen LogP contribution is 2.19. The number of halogens is 2. The molecule has 2 N–H and O–H groups in total. The van der Waals surface area contributed by atoms with Crippen LogP contribution in [0.5, 0.6) is 0 Å². The molecule has 0 aliphatic carbocycles. The highest BCUT2D eigenvalue weighted by Gasteiger charge is 2.13. The minimum Gasteiger partial charge on any atom is -0.325 e. The second-order valence-corrected chi connectivity index (χ2v) is 6.34. The normalized spacial score (nSPS) is 10.7. The van der Waals surface area contributed by atoms with Gasteiger partial charge in [0.15, 0.2) is 0 Å². The maximum absolute atomic E-state index is 13.6. The van der Waals surface area contributed by atoms with Gasteiger partial charge in [-0.3, -0.25) is 14.5 Å². The standard InChI is InChI=1S/C19H21ClFN3O2/c1-3-13-6-4-5-7-16(13)22-18(25)11-24(2)12-19(26)23-17-10-14(20)8-9-15(17)21/h4-10H,3,11-12H2,1-2H3,(H,22,25)(H,23,26). The van der Waals surface area contributed by atoms with Crippen molar-refractivity contribution in [3.05, 3.63) is 58.9 Å². The Morgan fingerprint density at radius 2 is 1.65 bits per heavy atom. The zero-order chi connectivity index (χ0) is 19.1. The van der Waals surface area contributed by atoms with Crippen LogP contribution in [0.25, 0.3) is 0 Å². The Kier molecular flexibility index (Phi) is 7.12. The van der Waals surface area contributed by atoms with Crippen LogP contribution < -0.4 is 10.6 Å². The van der Waals surface area contributed by atoms with Crippen molar-refractivity contribution in [1.82, 2.24) is 4.90 Å². The minimum atomic E-state index is -0.570. The van der Waals surface area contributed by atoms with Crippen LogP contribution >= 0.6 is 11.6 Å². The van der Waals surface area contributed by atoms with Crippen molar-refractivity contribution < 1.29 is 14.0 Å². The van der Waals surface area contributed by atoms with E-state index in [1.54, 1.807) is 11.9 Å². The van der Waals surface area contributed by atoms with E-state index in [1.165, 1.54) is 18.2 Å². The summed E-state index contributed by atoms with van der Waals surface area (Å²) in [5, 5.41) is 5.62. The largest absolute Gasteiger partial charge is 0.325 e. The third-order valence-electron chi connectivity index (χ3n) is 3.70. The smallest absolute Gasteiger partial charge is 0.238 e. The van der Waals surface area contributed by atoms with Crippen molar-refractivity contribution in [3.8, 4) is 0 Å². The Hall–Kier alpha value is -2.44. The highest BCUT2D eigenvalue weighted by atomic mass is 35.5. The fourth-order valence-corrected chi connectivity index (χ4v) is 2.64.